The molecule has 0 aromatic heterocycles. The molecule has 2 atom stereocenters. The molecule has 1 N–H and O–H groups in total. The van der Waals surface area contributed by atoms with Crippen molar-refractivity contribution < 1.29 is 4.79 Å². The summed E-state index contributed by atoms with van der Waals surface area (Å²) in [6.45, 7) is 15.6. The van der Waals surface area contributed by atoms with E-state index in [4.69, 9.17) is 0 Å². The SMILES string of the molecule is CN=C(NC[C@H]1CCCN1CC(C)C)N1CCN(C(C)C(=O)N2CCCC2)CC1.I. The summed E-state index contributed by atoms with van der Waals surface area (Å²) in [6.07, 6.45) is 4.90. The quantitative estimate of drug-likeness (QED) is 0.321. The number of hydrogen-bond donors (Lipinski definition) is 1. The van der Waals surface area contributed by atoms with Gasteiger partial charge in [0.05, 0.1) is 6.04 Å². The van der Waals surface area contributed by atoms with Gasteiger partial charge in [0.25, 0.3) is 0 Å². The summed E-state index contributed by atoms with van der Waals surface area (Å²) in [4.78, 5) is 26.6. The van der Waals surface area contributed by atoms with E-state index in [1.54, 1.807) is 0 Å². The summed E-state index contributed by atoms with van der Waals surface area (Å²) in [7, 11) is 1.88. The first kappa shape index (κ1) is 25.6. The molecule has 30 heavy (non-hydrogen) atoms. The fourth-order valence-corrected chi connectivity index (χ4v) is 5.06. The number of carbonyl (C=O) groups is 1. The molecule has 0 aromatic carbocycles. The Morgan fingerprint density at radius 3 is 2.23 bits per heavy atom. The van der Waals surface area contributed by atoms with Gasteiger partial charge in [-0.1, -0.05) is 13.8 Å². The molecular formula is C22H43IN6O. The molecule has 0 aromatic rings. The van der Waals surface area contributed by atoms with Gasteiger partial charge in [0.2, 0.25) is 5.91 Å². The van der Waals surface area contributed by atoms with Crippen LogP contribution in [0.1, 0.15) is 46.5 Å². The van der Waals surface area contributed by atoms with Crippen LogP contribution in [0.25, 0.3) is 0 Å². The van der Waals surface area contributed by atoms with E-state index in [9.17, 15) is 4.79 Å². The highest BCUT2D eigenvalue weighted by Gasteiger charge is 2.31. The minimum atomic E-state index is -0.00620. The lowest BCUT2D eigenvalue weighted by molar-refractivity contribution is -0.135. The van der Waals surface area contributed by atoms with E-state index >= 15 is 0 Å². The largest absolute Gasteiger partial charge is 0.355 e. The Balaban J connectivity index is 0.00000320. The van der Waals surface area contributed by atoms with Crippen molar-refractivity contribution in [3.8, 4) is 0 Å². The third-order valence-electron chi connectivity index (χ3n) is 6.74. The Bertz CT molecular complexity index is 558. The molecule has 3 rings (SSSR count). The minimum absolute atomic E-state index is 0. The number of aliphatic imine (C=N–C) groups is 1. The minimum Gasteiger partial charge on any atom is -0.355 e. The smallest absolute Gasteiger partial charge is 0.239 e. The molecule has 0 radical (unpaired) electrons. The average Bonchev–Trinajstić information content (AvgIpc) is 3.40. The monoisotopic (exact) mass is 534 g/mol. The van der Waals surface area contributed by atoms with Crippen LogP contribution in [0.4, 0.5) is 0 Å². The number of rotatable bonds is 6. The zero-order valence-electron chi connectivity index (χ0n) is 19.5. The van der Waals surface area contributed by atoms with Crippen molar-refractivity contribution >= 4 is 35.8 Å². The van der Waals surface area contributed by atoms with Crippen molar-refractivity contribution in [2.24, 2.45) is 10.9 Å². The molecule has 1 amide bonds. The van der Waals surface area contributed by atoms with Crippen molar-refractivity contribution in [3.05, 3.63) is 0 Å². The van der Waals surface area contributed by atoms with Crippen LogP contribution in [0.5, 0.6) is 0 Å². The van der Waals surface area contributed by atoms with Crippen LogP contribution in [0.15, 0.2) is 4.99 Å². The van der Waals surface area contributed by atoms with E-state index in [-0.39, 0.29) is 30.0 Å². The maximum Gasteiger partial charge on any atom is 0.239 e. The summed E-state index contributed by atoms with van der Waals surface area (Å²) in [5.41, 5.74) is 0. The number of guanidine groups is 1. The van der Waals surface area contributed by atoms with E-state index in [0.29, 0.717) is 17.9 Å². The highest BCUT2D eigenvalue weighted by molar-refractivity contribution is 14.0. The summed E-state index contributed by atoms with van der Waals surface area (Å²) in [5, 5.41) is 3.64. The molecule has 3 aliphatic rings. The Morgan fingerprint density at radius 1 is 0.967 bits per heavy atom. The second-order valence-electron chi connectivity index (χ2n) is 9.34. The van der Waals surface area contributed by atoms with E-state index in [1.807, 2.05) is 11.9 Å². The van der Waals surface area contributed by atoms with Crippen LogP contribution in [-0.2, 0) is 4.79 Å². The molecular weight excluding hydrogens is 491 g/mol. The third kappa shape index (κ3) is 6.69. The predicted molar refractivity (Wildman–Crippen MR) is 135 cm³/mol. The number of piperazine rings is 1. The predicted octanol–water partition coefficient (Wildman–Crippen LogP) is 1.93. The van der Waals surface area contributed by atoms with Crippen LogP contribution < -0.4 is 5.32 Å². The molecule has 3 heterocycles. The summed E-state index contributed by atoms with van der Waals surface area (Å²) >= 11 is 0. The zero-order chi connectivity index (χ0) is 20.8. The lowest BCUT2D eigenvalue weighted by atomic mass is 10.1. The van der Waals surface area contributed by atoms with Crippen molar-refractivity contribution in [2.45, 2.75) is 58.5 Å². The van der Waals surface area contributed by atoms with Gasteiger partial charge < -0.3 is 15.1 Å². The zero-order valence-corrected chi connectivity index (χ0v) is 21.8. The fraction of sp³-hybridized carbons (Fsp3) is 0.909. The van der Waals surface area contributed by atoms with Gasteiger partial charge in [-0.2, -0.15) is 0 Å². The van der Waals surface area contributed by atoms with Crippen molar-refractivity contribution in [2.75, 3.05) is 66.0 Å². The number of nitrogens with one attached hydrogen (secondary N) is 1. The van der Waals surface area contributed by atoms with E-state index < -0.39 is 0 Å². The Kier molecular flexibility index (Phi) is 10.6. The lowest BCUT2D eigenvalue weighted by Gasteiger charge is -2.40. The maximum absolute atomic E-state index is 12.7. The average molecular weight is 535 g/mol. The number of carbonyl (C=O) groups excluding carboxylic acids is 1. The van der Waals surface area contributed by atoms with E-state index in [0.717, 1.165) is 64.6 Å². The molecule has 8 heteroatoms. The fourth-order valence-electron chi connectivity index (χ4n) is 5.06. The third-order valence-corrected chi connectivity index (χ3v) is 6.74. The van der Waals surface area contributed by atoms with Gasteiger partial charge in [-0.3, -0.25) is 19.6 Å². The van der Waals surface area contributed by atoms with Gasteiger partial charge in [0, 0.05) is 65.4 Å². The summed E-state index contributed by atoms with van der Waals surface area (Å²) in [5.74, 6) is 2.04. The maximum atomic E-state index is 12.7. The Morgan fingerprint density at radius 2 is 1.63 bits per heavy atom. The topological polar surface area (TPSA) is 54.4 Å². The first-order chi connectivity index (χ1) is 14.0. The highest BCUT2D eigenvalue weighted by atomic mass is 127. The van der Waals surface area contributed by atoms with Crippen LogP contribution >= 0.6 is 24.0 Å². The molecule has 3 aliphatic heterocycles. The molecule has 1 unspecified atom stereocenters. The van der Waals surface area contributed by atoms with Crippen LogP contribution in [-0.4, -0.2) is 110 Å². The van der Waals surface area contributed by atoms with Crippen molar-refractivity contribution in [1.29, 1.82) is 0 Å². The molecule has 3 fully saturated rings. The number of likely N-dealkylation sites (tertiary alicyclic amines) is 2. The number of amides is 1. The first-order valence-electron chi connectivity index (χ1n) is 11.7. The molecule has 174 valence electrons. The second kappa shape index (κ2) is 12.4. The standard InChI is InChI=1S/C22H42N6O.HI/c1-18(2)17-28-11-7-8-20(28)16-24-22(23-4)27-14-12-25(13-15-27)19(3)21(29)26-9-5-6-10-26;/h18-20H,5-17H2,1-4H3,(H,23,24);1H/t19?,20-;/m1./s1. The number of halogens is 1. The van der Waals surface area contributed by atoms with Gasteiger partial charge in [0.15, 0.2) is 5.96 Å². The Hall–Kier alpha value is -0.610. The number of hydrogen-bond acceptors (Lipinski definition) is 4. The molecule has 7 nitrogen and oxygen atoms in total. The van der Waals surface area contributed by atoms with Gasteiger partial charge >= 0.3 is 0 Å². The molecule has 0 bridgehead atoms. The van der Waals surface area contributed by atoms with Gasteiger partial charge in [-0.15, -0.1) is 24.0 Å². The van der Waals surface area contributed by atoms with Crippen LogP contribution in [0.2, 0.25) is 0 Å². The van der Waals surface area contributed by atoms with Gasteiger partial charge in [0.1, 0.15) is 0 Å². The van der Waals surface area contributed by atoms with Crippen LogP contribution in [0, 0.1) is 5.92 Å². The summed E-state index contributed by atoms with van der Waals surface area (Å²) in [6, 6.07) is 0.613. The van der Waals surface area contributed by atoms with Crippen molar-refractivity contribution in [1.82, 2.24) is 24.9 Å². The molecule has 3 saturated heterocycles. The van der Waals surface area contributed by atoms with Gasteiger partial charge in [-0.05, 0) is 45.1 Å². The molecule has 0 aliphatic carbocycles. The second-order valence-corrected chi connectivity index (χ2v) is 9.34. The molecule has 0 spiro atoms. The molecule has 0 saturated carbocycles. The van der Waals surface area contributed by atoms with Crippen LogP contribution in [0.3, 0.4) is 0 Å². The summed E-state index contributed by atoms with van der Waals surface area (Å²) < 4.78 is 0. The van der Waals surface area contributed by atoms with Crippen molar-refractivity contribution in [3.63, 3.8) is 0 Å². The van der Waals surface area contributed by atoms with Gasteiger partial charge in [-0.25, -0.2) is 0 Å². The van der Waals surface area contributed by atoms with E-state index in [2.05, 4.69) is 45.8 Å². The normalized spacial score (nSPS) is 25.0. The lowest BCUT2D eigenvalue weighted by Crippen LogP contribution is -2.57. The number of nitrogens with zero attached hydrogens (tertiary/aromatic N) is 5. The first-order valence-corrected chi connectivity index (χ1v) is 11.7. The Labute approximate surface area is 200 Å². The van der Waals surface area contributed by atoms with E-state index in [1.165, 1.54) is 25.9 Å². The highest BCUT2D eigenvalue weighted by Crippen LogP contribution is 2.18.